The zero-order valence-electron chi connectivity index (χ0n) is 8.85. The van der Waals surface area contributed by atoms with E-state index in [1.54, 1.807) is 0 Å². The molecule has 2 aliphatic rings. The van der Waals surface area contributed by atoms with Crippen LogP contribution in [0.15, 0.2) is 4.52 Å². The van der Waals surface area contributed by atoms with Crippen LogP contribution in [0.3, 0.4) is 0 Å². The maximum Gasteiger partial charge on any atom is 0.227 e. The second-order valence-electron chi connectivity index (χ2n) is 4.87. The zero-order chi connectivity index (χ0) is 10.3. The van der Waals surface area contributed by atoms with Crippen molar-refractivity contribution in [1.82, 2.24) is 10.1 Å². The Morgan fingerprint density at radius 3 is 2.93 bits per heavy atom. The van der Waals surface area contributed by atoms with Crippen molar-refractivity contribution in [2.24, 2.45) is 17.6 Å². The van der Waals surface area contributed by atoms with E-state index in [1.165, 1.54) is 25.7 Å². The molecule has 0 amide bonds. The quantitative estimate of drug-likeness (QED) is 0.815. The van der Waals surface area contributed by atoms with Crippen molar-refractivity contribution in [3.63, 3.8) is 0 Å². The molecule has 3 unspecified atom stereocenters. The van der Waals surface area contributed by atoms with Gasteiger partial charge in [-0.15, -0.1) is 0 Å². The Hall–Kier alpha value is -0.900. The molecule has 2 N–H and O–H groups in total. The van der Waals surface area contributed by atoms with Crippen LogP contribution in [0.25, 0.3) is 0 Å². The lowest BCUT2D eigenvalue weighted by molar-refractivity contribution is 0.352. The Labute approximate surface area is 89.2 Å². The van der Waals surface area contributed by atoms with E-state index in [1.807, 2.05) is 0 Å². The van der Waals surface area contributed by atoms with Gasteiger partial charge in [0.1, 0.15) is 0 Å². The number of rotatable bonds is 3. The van der Waals surface area contributed by atoms with Gasteiger partial charge in [-0.2, -0.15) is 4.98 Å². The smallest absolute Gasteiger partial charge is 0.227 e. The molecular weight excluding hydrogens is 190 g/mol. The van der Waals surface area contributed by atoms with Crippen LogP contribution in [-0.2, 0) is 6.42 Å². The fraction of sp³-hybridized carbons (Fsp3) is 0.818. The maximum absolute atomic E-state index is 5.46. The number of nitrogens with two attached hydrogens (primary N) is 1. The standard InChI is InChI=1S/C11H17N3O/c12-4-3-10-13-11(14-15-10)9-6-7-1-2-8(9)5-7/h7-9H,1-6,12H2. The number of fused-ring (bicyclic) bond motifs is 2. The number of hydrogen-bond acceptors (Lipinski definition) is 4. The third-order valence-corrected chi connectivity index (χ3v) is 3.91. The lowest BCUT2D eigenvalue weighted by atomic mass is 9.88. The zero-order valence-corrected chi connectivity index (χ0v) is 8.85. The minimum Gasteiger partial charge on any atom is -0.339 e. The van der Waals surface area contributed by atoms with Gasteiger partial charge in [-0.05, 0) is 31.1 Å². The van der Waals surface area contributed by atoms with Gasteiger partial charge in [0.2, 0.25) is 5.89 Å². The molecule has 4 heteroatoms. The average Bonchev–Trinajstić information content (AvgIpc) is 2.91. The van der Waals surface area contributed by atoms with Crippen LogP contribution in [0.2, 0.25) is 0 Å². The van der Waals surface area contributed by atoms with Crippen molar-refractivity contribution < 1.29 is 4.52 Å². The summed E-state index contributed by atoms with van der Waals surface area (Å²) in [6, 6.07) is 0. The highest BCUT2D eigenvalue weighted by atomic mass is 16.5. The Kier molecular flexibility index (Phi) is 2.24. The first-order valence-corrected chi connectivity index (χ1v) is 5.89. The summed E-state index contributed by atoms with van der Waals surface area (Å²) in [5, 5.41) is 4.09. The molecule has 2 saturated carbocycles. The SMILES string of the molecule is NCCc1nc(C2CC3CCC2C3)no1. The van der Waals surface area contributed by atoms with E-state index in [4.69, 9.17) is 10.3 Å². The minimum absolute atomic E-state index is 0.569. The molecule has 82 valence electrons. The first-order valence-electron chi connectivity index (χ1n) is 5.89. The van der Waals surface area contributed by atoms with Crippen LogP contribution < -0.4 is 5.73 Å². The minimum atomic E-state index is 0.569. The number of hydrogen-bond donors (Lipinski definition) is 1. The molecule has 4 nitrogen and oxygen atoms in total. The van der Waals surface area contributed by atoms with Crippen LogP contribution in [-0.4, -0.2) is 16.7 Å². The van der Waals surface area contributed by atoms with E-state index >= 15 is 0 Å². The molecule has 0 spiro atoms. The summed E-state index contributed by atoms with van der Waals surface area (Å²) in [6.07, 6.45) is 6.12. The summed E-state index contributed by atoms with van der Waals surface area (Å²) in [6.45, 7) is 0.582. The predicted molar refractivity (Wildman–Crippen MR) is 55.2 cm³/mol. The lowest BCUT2D eigenvalue weighted by Gasteiger charge is -2.17. The van der Waals surface area contributed by atoms with Gasteiger partial charge in [-0.1, -0.05) is 11.6 Å². The second kappa shape index (κ2) is 3.59. The molecule has 3 rings (SSSR count). The summed E-state index contributed by atoms with van der Waals surface area (Å²) >= 11 is 0. The Bertz CT molecular complexity index is 349. The van der Waals surface area contributed by atoms with Crippen LogP contribution in [0, 0.1) is 11.8 Å². The second-order valence-corrected chi connectivity index (χ2v) is 4.87. The van der Waals surface area contributed by atoms with Crippen molar-refractivity contribution in [2.75, 3.05) is 6.54 Å². The first-order chi connectivity index (χ1) is 7.36. The molecule has 2 fully saturated rings. The lowest BCUT2D eigenvalue weighted by Crippen LogP contribution is -2.10. The molecule has 1 aromatic heterocycles. The van der Waals surface area contributed by atoms with Gasteiger partial charge in [-0.25, -0.2) is 0 Å². The van der Waals surface area contributed by atoms with E-state index in [0.717, 1.165) is 17.7 Å². The molecule has 1 aromatic rings. The Balaban J connectivity index is 1.75. The normalized spacial score (nSPS) is 33.8. The molecule has 2 bridgehead atoms. The maximum atomic E-state index is 5.46. The van der Waals surface area contributed by atoms with Crippen LogP contribution in [0.5, 0.6) is 0 Å². The molecule has 3 atom stereocenters. The van der Waals surface area contributed by atoms with Crippen molar-refractivity contribution >= 4 is 0 Å². The van der Waals surface area contributed by atoms with Crippen molar-refractivity contribution in [3.8, 4) is 0 Å². The summed E-state index contributed by atoms with van der Waals surface area (Å²) in [5.74, 6) is 3.95. The van der Waals surface area contributed by atoms with Gasteiger partial charge in [-0.3, -0.25) is 0 Å². The molecular formula is C11H17N3O. The highest BCUT2D eigenvalue weighted by Gasteiger charge is 2.42. The van der Waals surface area contributed by atoms with Gasteiger partial charge in [0.15, 0.2) is 5.82 Å². The monoisotopic (exact) mass is 207 g/mol. The molecule has 1 heterocycles. The molecule has 0 aromatic carbocycles. The van der Waals surface area contributed by atoms with E-state index in [0.29, 0.717) is 24.8 Å². The van der Waals surface area contributed by atoms with Gasteiger partial charge in [0, 0.05) is 18.9 Å². The van der Waals surface area contributed by atoms with E-state index < -0.39 is 0 Å². The molecule has 15 heavy (non-hydrogen) atoms. The van der Waals surface area contributed by atoms with Crippen LogP contribution in [0.4, 0.5) is 0 Å². The highest BCUT2D eigenvalue weighted by molar-refractivity contribution is 5.06. The highest BCUT2D eigenvalue weighted by Crippen LogP contribution is 2.52. The summed E-state index contributed by atoms with van der Waals surface area (Å²) in [7, 11) is 0. The topological polar surface area (TPSA) is 64.9 Å². The molecule has 0 radical (unpaired) electrons. The van der Waals surface area contributed by atoms with Crippen LogP contribution >= 0.6 is 0 Å². The van der Waals surface area contributed by atoms with E-state index in [-0.39, 0.29) is 0 Å². The molecule has 0 aliphatic heterocycles. The van der Waals surface area contributed by atoms with Gasteiger partial charge < -0.3 is 10.3 Å². The Morgan fingerprint density at radius 1 is 1.33 bits per heavy atom. The summed E-state index contributed by atoms with van der Waals surface area (Å²) in [5.41, 5.74) is 5.46. The van der Waals surface area contributed by atoms with Crippen molar-refractivity contribution in [3.05, 3.63) is 11.7 Å². The van der Waals surface area contributed by atoms with Crippen LogP contribution in [0.1, 0.15) is 43.3 Å². The third-order valence-electron chi connectivity index (χ3n) is 3.91. The fourth-order valence-electron chi connectivity index (χ4n) is 3.20. The van der Waals surface area contributed by atoms with E-state index in [2.05, 4.69) is 10.1 Å². The number of aromatic nitrogens is 2. The third kappa shape index (κ3) is 1.57. The molecule has 0 saturated heterocycles. The van der Waals surface area contributed by atoms with Gasteiger partial charge >= 0.3 is 0 Å². The molecule has 2 aliphatic carbocycles. The fourth-order valence-corrected chi connectivity index (χ4v) is 3.20. The van der Waals surface area contributed by atoms with Gasteiger partial charge in [0.25, 0.3) is 0 Å². The van der Waals surface area contributed by atoms with Gasteiger partial charge in [0.05, 0.1) is 0 Å². The van der Waals surface area contributed by atoms with Crippen molar-refractivity contribution in [1.29, 1.82) is 0 Å². The predicted octanol–water partition coefficient (Wildman–Crippen LogP) is 1.47. The average molecular weight is 207 g/mol. The summed E-state index contributed by atoms with van der Waals surface area (Å²) in [4.78, 5) is 4.44. The number of nitrogens with zero attached hydrogens (tertiary/aromatic N) is 2. The van der Waals surface area contributed by atoms with E-state index in [9.17, 15) is 0 Å². The first kappa shape index (κ1) is 9.33. The largest absolute Gasteiger partial charge is 0.339 e. The summed E-state index contributed by atoms with van der Waals surface area (Å²) < 4.78 is 5.18. The Morgan fingerprint density at radius 2 is 2.27 bits per heavy atom. The van der Waals surface area contributed by atoms with Crippen molar-refractivity contribution in [2.45, 2.75) is 38.0 Å².